The first-order valence-electron chi connectivity index (χ1n) is 27.8. The molecule has 0 spiro atoms. The van der Waals surface area contributed by atoms with Gasteiger partial charge in [-0.1, -0.05) is 53.7 Å². The fourth-order valence-corrected chi connectivity index (χ4v) is 16.6. The van der Waals surface area contributed by atoms with Crippen molar-refractivity contribution < 1.29 is 109 Å². The fraction of sp³-hybridized carbons (Fsp3) is 0.963. The summed E-state index contributed by atoms with van der Waals surface area (Å²) in [6.45, 7) is 14.3. The number of hydrogen-bond donors (Lipinski definition) is 14. The van der Waals surface area contributed by atoms with Crippen molar-refractivity contribution in [3.05, 3.63) is 12.2 Å². The Hall–Kier alpha value is -1.14. The van der Waals surface area contributed by atoms with E-state index in [0.717, 1.165) is 38.5 Å². The molecular formula is C54H90O22. The van der Waals surface area contributed by atoms with Gasteiger partial charge in [-0.15, -0.1) is 0 Å². The molecule has 438 valence electrons. The van der Waals surface area contributed by atoms with E-state index < -0.39 is 164 Å². The maximum atomic E-state index is 13.3. The first kappa shape index (κ1) is 59.5. The van der Waals surface area contributed by atoms with Crippen molar-refractivity contribution in [2.45, 2.75) is 248 Å². The van der Waals surface area contributed by atoms with Crippen molar-refractivity contribution in [3.63, 3.8) is 0 Å². The molecule has 5 aliphatic carbocycles. The molecule has 22 heteroatoms. The third-order valence-electron chi connectivity index (χ3n) is 21.8. The number of ether oxygens (including phenoxy) is 8. The fourth-order valence-electron chi connectivity index (χ4n) is 16.6. The lowest BCUT2D eigenvalue weighted by molar-refractivity contribution is -0.403. The second-order valence-electron chi connectivity index (χ2n) is 26.4. The van der Waals surface area contributed by atoms with Crippen molar-refractivity contribution in [2.24, 2.45) is 50.2 Å². The molecule has 0 aromatic heterocycles. The van der Waals surface area contributed by atoms with E-state index in [1.807, 2.05) is 6.92 Å². The molecule has 4 heterocycles. The van der Waals surface area contributed by atoms with Gasteiger partial charge in [0.25, 0.3) is 0 Å². The predicted octanol–water partition coefficient (Wildman–Crippen LogP) is -1.56. The van der Waals surface area contributed by atoms with Gasteiger partial charge in [0.15, 0.2) is 25.2 Å². The molecule has 0 bridgehead atoms. The summed E-state index contributed by atoms with van der Waals surface area (Å²) in [6, 6.07) is 0. The van der Waals surface area contributed by atoms with Crippen molar-refractivity contribution in [2.75, 3.05) is 26.4 Å². The Labute approximate surface area is 444 Å². The smallest absolute Gasteiger partial charge is 0.187 e. The van der Waals surface area contributed by atoms with E-state index in [9.17, 15) is 71.5 Å². The minimum absolute atomic E-state index is 0.00116. The highest BCUT2D eigenvalue weighted by molar-refractivity contribution is 5.32. The van der Waals surface area contributed by atoms with Crippen molar-refractivity contribution in [1.82, 2.24) is 0 Å². The second-order valence-corrected chi connectivity index (χ2v) is 26.4. The molecule has 0 radical (unpaired) electrons. The van der Waals surface area contributed by atoms with Gasteiger partial charge in [-0.3, -0.25) is 0 Å². The first-order chi connectivity index (χ1) is 35.6. The van der Waals surface area contributed by atoms with Crippen LogP contribution in [0.4, 0.5) is 0 Å². The minimum atomic E-state index is -2.02. The molecule has 0 aromatic carbocycles. The van der Waals surface area contributed by atoms with Crippen molar-refractivity contribution in [3.8, 4) is 0 Å². The molecule has 76 heavy (non-hydrogen) atoms. The highest BCUT2D eigenvalue weighted by Crippen LogP contribution is 2.76. The van der Waals surface area contributed by atoms with E-state index in [-0.39, 0.29) is 47.2 Å². The molecule has 0 aromatic rings. The zero-order valence-corrected chi connectivity index (χ0v) is 45.2. The maximum absolute atomic E-state index is 13.3. The van der Waals surface area contributed by atoms with Crippen LogP contribution < -0.4 is 0 Å². The number of hydrogen-bond acceptors (Lipinski definition) is 22. The largest absolute Gasteiger partial charge is 0.396 e. The zero-order chi connectivity index (χ0) is 55.6. The Kier molecular flexibility index (Phi) is 16.6. The monoisotopic (exact) mass is 1090 g/mol. The molecule has 0 amide bonds. The highest BCUT2D eigenvalue weighted by Gasteiger charge is 2.74. The van der Waals surface area contributed by atoms with Crippen LogP contribution in [0, 0.1) is 50.2 Å². The van der Waals surface area contributed by atoms with Crippen LogP contribution in [0.15, 0.2) is 12.2 Å². The Bertz CT molecular complexity index is 2050. The van der Waals surface area contributed by atoms with E-state index >= 15 is 0 Å². The topological polar surface area (TPSA) is 357 Å². The van der Waals surface area contributed by atoms with Gasteiger partial charge >= 0.3 is 0 Å². The highest BCUT2D eigenvalue weighted by atomic mass is 16.8. The quantitative estimate of drug-likeness (QED) is 0.0776. The first-order valence-corrected chi connectivity index (χ1v) is 27.8. The third-order valence-corrected chi connectivity index (χ3v) is 21.8. The van der Waals surface area contributed by atoms with Gasteiger partial charge in [0.1, 0.15) is 85.5 Å². The average Bonchev–Trinajstić information content (AvgIpc) is 3.58. The van der Waals surface area contributed by atoms with Gasteiger partial charge in [-0.2, -0.15) is 0 Å². The van der Waals surface area contributed by atoms with Gasteiger partial charge < -0.3 is 109 Å². The van der Waals surface area contributed by atoms with Gasteiger partial charge in [-0.05, 0) is 105 Å². The van der Waals surface area contributed by atoms with E-state index in [1.54, 1.807) is 0 Å². The lowest BCUT2D eigenvalue weighted by Crippen LogP contribution is -2.73. The lowest BCUT2D eigenvalue weighted by Gasteiger charge is -2.74. The summed E-state index contributed by atoms with van der Waals surface area (Å²) in [7, 11) is 0. The molecule has 22 nitrogen and oxygen atoms in total. The average molecular weight is 1090 g/mol. The van der Waals surface area contributed by atoms with E-state index in [1.165, 1.54) is 13.8 Å². The van der Waals surface area contributed by atoms with Crippen molar-refractivity contribution in [1.29, 1.82) is 0 Å². The summed E-state index contributed by atoms with van der Waals surface area (Å²) in [5.41, 5.74) is -3.84. The van der Waals surface area contributed by atoms with Crippen LogP contribution in [0.5, 0.6) is 0 Å². The van der Waals surface area contributed by atoms with Crippen molar-refractivity contribution >= 4 is 0 Å². The number of fused-ring (bicyclic) bond motifs is 7. The third kappa shape index (κ3) is 9.23. The SMILES string of the molecule is C[C@@H]1O[C@@H](O[C@H]2[C@H](O)[C@@H](O)[C@H](O[C@H]3[C@@H](O)[C@@H](C)O[C@@H](O[C@H]4CC[C@@]5(C)[C@@H](CC[C@]6(C)[C@@H]5C=C[C@@]5(O)[C@@H]7CC(C)(C)CC[C@]7(CO)CC[C@]56C)[C@]4(C)CO)[C@@H]3O[C@@H]3O[C@H](CO)[C@@H](O)[C@H](O)[C@H]3O)O[C@@H]2CO)[C@H](O)[C@H](O)[C@H]1O. The lowest BCUT2D eigenvalue weighted by atomic mass is 9.31. The summed E-state index contributed by atoms with van der Waals surface area (Å²) in [5.74, 6) is -0.314. The number of aliphatic hydroxyl groups excluding tert-OH is 13. The summed E-state index contributed by atoms with van der Waals surface area (Å²) < 4.78 is 49.2. The van der Waals surface area contributed by atoms with Crippen LogP contribution in [-0.2, 0) is 37.9 Å². The predicted molar refractivity (Wildman–Crippen MR) is 263 cm³/mol. The van der Waals surface area contributed by atoms with Gasteiger partial charge in [0, 0.05) is 23.4 Å². The molecule has 30 atom stereocenters. The van der Waals surface area contributed by atoms with Crippen LogP contribution >= 0.6 is 0 Å². The van der Waals surface area contributed by atoms with Gasteiger partial charge in [0.2, 0.25) is 0 Å². The molecule has 4 aliphatic heterocycles. The Morgan fingerprint density at radius 3 is 1.68 bits per heavy atom. The van der Waals surface area contributed by atoms with E-state index in [0.29, 0.717) is 19.3 Å². The van der Waals surface area contributed by atoms with Gasteiger partial charge in [-0.25, -0.2) is 0 Å². The number of aliphatic hydroxyl groups is 14. The summed E-state index contributed by atoms with van der Waals surface area (Å²) in [4.78, 5) is 0. The van der Waals surface area contributed by atoms with Crippen LogP contribution in [0.2, 0.25) is 0 Å². The minimum Gasteiger partial charge on any atom is -0.396 e. The Morgan fingerprint density at radius 1 is 0.500 bits per heavy atom. The number of allylic oxidation sites excluding steroid dienone is 1. The molecular weight excluding hydrogens is 1000 g/mol. The molecule has 9 rings (SSSR count). The molecule has 8 fully saturated rings. The summed E-state index contributed by atoms with van der Waals surface area (Å²) in [5, 5.41) is 156. The molecule has 4 saturated heterocycles. The van der Waals surface area contributed by atoms with Crippen LogP contribution in [0.25, 0.3) is 0 Å². The normalized spacial score (nSPS) is 57.2. The standard InChI is InChI=1S/C54H90O22/c1-24-32(59)35(62)38(65)44(69-24)74-41-27(21-56)72-46(40(67)37(41)64)75-42-33(60)25(2)70-47(43(42)76-45-39(66)36(63)34(61)26(20-55)71-45)73-31-11-12-49(5)28(50(31,6)22-57)9-13-51(7)29(49)10-14-54(68)30-19-48(3,4)15-17-53(30,23-58)18-16-52(51,54)8/h10,14,24-47,55-68H,9,11-13,15-23H2,1-8H3/t24-,25+,26+,27+,28+,29+,30+,31-,32-,33-,34+,35+,36-,37+,38+,39+,40+,41+,42-,43+,44-,45-,46-,47-,49-,50-,51+,52-,53+,54+/m0/s1. The van der Waals surface area contributed by atoms with Crippen LogP contribution in [-0.4, -0.2) is 232 Å². The summed E-state index contributed by atoms with van der Waals surface area (Å²) >= 11 is 0. The second kappa shape index (κ2) is 21.2. The molecule has 9 aliphatic rings. The summed E-state index contributed by atoms with van der Waals surface area (Å²) in [6.07, 6.45) is -23.0. The maximum Gasteiger partial charge on any atom is 0.187 e. The number of rotatable bonds is 12. The van der Waals surface area contributed by atoms with Crippen LogP contribution in [0.3, 0.4) is 0 Å². The van der Waals surface area contributed by atoms with E-state index in [2.05, 4.69) is 46.8 Å². The van der Waals surface area contributed by atoms with E-state index in [4.69, 9.17) is 37.9 Å². The Balaban J connectivity index is 1.00. The molecule has 14 N–H and O–H groups in total. The molecule has 0 unspecified atom stereocenters. The Morgan fingerprint density at radius 2 is 1.05 bits per heavy atom. The molecule has 4 saturated carbocycles. The van der Waals surface area contributed by atoms with Gasteiger partial charge in [0.05, 0.1) is 43.7 Å². The zero-order valence-electron chi connectivity index (χ0n) is 45.2. The van der Waals surface area contributed by atoms with Crippen LogP contribution in [0.1, 0.15) is 113 Å².